The molecule has 0 saturated carbocycles. The molecule has 0 aliphatic heterocycles. The van der Waals surface area contributed by atoms with Crippen LogP contribution in [0.15, 0.2) is 400 Å². The number of nitrogens with one attached hydrogen (secondary N) is 3. The van der Waals surface area contributed by atoms with Gasteiger partial charge in [0.2, 0.25) is 0 Å². The third-order valence-corrected chi connectivity index (χ3v) is 18.7. The molecule has 0 bridgehead atoms. The third kappa shape index (κ3) is 13.4. The smallest absolute Gasteiger partial charge is 0.0464 e. The lowest BCUT2D eigenvalue weighted by Crippen LogP contribution is -1.95. The van der Waals surface area contributed by atoms with Gasteiger partial charge >= 0.3 is 0 Å². The summed E-state index contributed by atoms with van der Waals surface area (Å²) in [7, 11) is 0. The van der Waals surface area contributed by atoms with E-state index < -0.39 is 0 Å². The van der Waals surface area contributed by atoms with Crippen molar-refractivity contribution in [1.82, 2.24) is 0 Å². The normalized spacial score (nSPS) is 11.0. The second-order valence-corrected chi connectivity index (χ2v) is 25.0. The Morgan fingerprint density at radius 3 is 0.798 bits per heavy atom. The van der Waals surface area contributed by atoms with Gasteiger partial charge in [0.15, 0.2) is 0 Å². The van der Waals surface area contributed by atoms with E-state index in [4.69, 9.17) is 0 Å². The Balaban J connectivity index is 0.000000116. The van der Waals surface area contributed by atoms with Crippen LogP contribution in [0.2, 0.25) is 0 Å². The Hall–Kier alpha value is -13.1. The van der Waals surface area contributed by atoms with Gasteiger partial charge in [-0.25, -0.2) is 0 Å². The molecule has 99 heavy (non-hydrogen) atoms. The predicted molar refractivity (Wildman–Crippen MR) is 426 cm³/mol. The quantitative estimate of drug-likeness (QED) is 0.114. The summed E-state index contributed by atoms with van der Waals surface area (Å²) in [6, 6.07) is 142. The molecule has 18 rings (SSSR count). The van der Waals surface area contributed by atoms with Gasteiger partial charge in [-0.15, -0.1) is 0 Å². The van der Waals surface area contributed by atoms with Crippen LogP contribution >= 0.6 is 0 Å². The minimum Gasteiger partial charge on any atom is -0.355 e. The summed E-state index contributed by atoms with van der Waals surface area (Å²) in [5.74, 6) is 0. The van der Waals surface area contributed by atoms with Gasteiger partial charge < -0.3 is 16.0 Å². The highest BCUT2D eigenvalue weighted by molar-refractivity contribution is 6.09. The van der Waals surface area contributed by atoms with Crippen molar-refractivity contribution < 1.29 is 0 Å². The van der Waals surface area contributed by atoms with Crippen molar-refractivity contribution >= 4 is 98.8 Å². The molecule has 0 radical (unpaired) electrons. The summed E-state index contributed by atoms with van der Waals surface area (Å²) in [5, 5.41) is 25.9. The van der Waals surface area contributed by atoms with Gasteiger partial charge in [0.1, 0.15) is 0 Å². The zero-order chi connectivity index (χ0) is 66.1. The maximum absolute atomic E-state index is 3.75. The zero-order valence-electron chi connectivity index (χ0n) is 54.6. The van der Waals surface area contributed by atoms with E-state index in [0.29, 0.717) is 0 Å². The van der Waals surface area contributed by atoms with Gasteiger partial charge in [-0.3, -0.25) is 0 Å². The monoisotopic (exact) mass is 1260 g/mol. The summed E-state index contributed by atoms with van der Waals surface area (Å²) in [6.45, 7) is 0. The fraction of sp³-hybridized carbons (Fsp3) is 0. The lowest BCUT2D eigenvalue weighted by Gasteiger charge is -2.16. The molecule has 0 saturated heterocycles. The molecular weight excluding hydrogens is 1200 g/mol. The fourth-order valence-corrected chi connectivity index (χ4v) is 13.8. The van der Waals surface area contributed by atoms with E-state index >= 15 is 0 Å². The topological polar surface area (TPSA) is 36.1 Å². The van der Waals surface area contributed by atoms with Crippen molar-refractivity contribution in [2.75, 3.05) is 16.0 Å². The van der Waals surface area contributed by atoms with Crippen LogP contribution in [0.3, 0.4) is 0 Å². The molecule has 0 amide bonds. The van der Waals surface area contributed by atoms with Crippen molar-refractivity contribution in [3.8, 4) is 66.8 Å². The summed E-state index contributed by atoms with van der Waals surface area (Å²) in [4.78, 5) is 0. The van der Waals surface area contributed by atoms with E-state index in [1.807, 2.05) is 0 Å². The van der Waals surface area contributed by atoms with Gasteiger partial charge in [-0.2, -0.15) is 0 Å². The molecular formula is C96H69N3. The molecule has 3 nitrogen and oxygen atoms in total. The first kappa shape index (κ1) is 60.8. The molecule has 0 fully saturated rings. The van der Waals surface area contributed by atoms with Gasteiger partial charge in [-0.05, 0) is 193 Å². The lowest BCUT2D eigenvalue weighted by atomic mass is 9.96. The fourth-order valence-electron chi connectivity index (χ4n) is 13.8. The second kappa shape index (κ2) is 28.1. The first-order chi connectivity index (χ1) is 49.0. The molecule has 0 spiro atoms. The van der Waals surface area contributed by atoms with Crippen molar-refractivity contribution in [3.05, 3.63) is 400 Å². The van der Waals surface area contributed by atoms with Crippen LogP contribution in [0.5, 0.6) is 0 Å². The minimum absolute atomic E-state index is 1.09. The molecule has 0 aromatic heterocycles. The molecule has 18 aromatic rings. The van der Waals surface area contributed by atoms with Crippen molar-refractivity contribution in [3.63, 3.8) is 0 Å². The minimum atomic E-state index is 1.09. The maximum Gasteiger partial charge on any atom is 0.0464 e. The molecule has 0 aliphatic carbocycles. The van der Waals surface area contributed by atoms with Crippen LogP contribution < -0.4 is 16.0 Å². The van der Waals surface area contributed by atoms with E-state index in [-0.39, 0.29) is 0 Å². The predicted octanol–water partition coefficient (Wildman–Crippen LogP) is 27.2. The highest BCUT2D eigenvalue weighted by Crippen LogP contribution is 2.41. The SMILES string of the molecule is c1ccc(-c2cc(Nc3cc(-c4ccccc4)c4ccccc4c3)cc3ccccc23)cc1.c1ccc(-c2ccc(Nc3ccc(-c4ccccc4)c4ccccc34)c3ccccc23)cc1.c1ccc(-c2ccc3cc(Nc4ccc5cc(-c6ccccc6)ccc5c4)ccc3c2)cc1. The Morgan fingerprint density at radius 1 is 0.131 bits per heavy atom. The number of anilines is 6. The zero-order valence-corrected chi connectivity index (χ0v) is 54.6. The van der Waals surface area contributed by atoms with Crippen LogP contribution in [0.1, 0.15) is 0 Å². The van der Waals surface area contributed by atoms with Crippen LogP contribution in [-0.2, 0) is 0 Å². The Kier molecular flexibility index (Phi) is 17.3. The van der Waals surface area contributed by atoms with E-state index in [9.17, 15) is 0 Å². The average molecular weight is 1260 g/mol. The van der Waals surface area contributed by atoms with Gasteiger partial charge in [0.25, 0.3) is 0 Å². The molecule has 0 atom stereocenters. The molecule has 18 aromatic carbocycles. The van der Waals surface area contributed by atoms with Crippen LogP contribution in [0, 0.1) is 0 Å². The Labute approximate surface area is 578 Å². The first-order valence-corrected chi connectivity index (χ1v) is 33.9. The summed E-state index contributed by atoms with van der Waals surface area (Å²) in [5.41, 5.74) is 21.4. The maximum atomic E-state index is 3.75. The Morgan fingerprint density at radius 2 is 0.414 bits per heavy atom. The molecule has 3 N–H and O–H groups in total. The molecule has 468 valence electrons. The van der Waals surface area contributed by atoms with Gasteiger partial charge in [-0.1, -0.05) is 328 Å². The summed E-state index contributed by atoms with van der Waals surface area (Å²) in [6.07, 6.45) is 0. The van der Waals surface area contributed by atoms with Crippen molar-refractivity contribution in [2.45, 2.75) is 0 Å². The van der Waals surface area contributed by atoms with E-state index in [1.165, 1.54) is 131 Å². The van der Waals surface area contributed by atoms with Gasteiger partial charge in [0, 0.05) is 44.9 Å². The second-order valence-electron chi connectivity index (χ2n) is 25.0. The lowest BCUT2D eigenvalue weighted by molar-refractivity contribution is 1.57. The molecule has 0 unspecified atom stereocenters. The third-order valence-electron chi connectivity index (χ3n) is 18.7. The molecule has 3 heteroatoms. The summed E-state index contributed by atoms with van der Waals surface area (Å²) < 4.78 is 0. The first-order valence-electron chi connectivity index (χ1n) is 33.9. The van der Waals surface area contributed by atoms with Crippen LogP contribution in [-0.4, -0.2) is 0 Å². The largest absolute Gasteiger partial charge is 0.355 e. The molecule has 0 aliphatic rings. The summed E-state index contributed by atoms with van der Waals surface area (Å²) >= 11 is 0. The van der Waals surface area contributed by atoms with Crippen LogP contribution in [0.25, 0.3) is 131 Å². The standard InChI is InChI=1S/3C32H23N/c1-3-11-23(12-4-1)31-21-27(19-25-15-7-9-17-29(25)31)33-28-20-26-16-8-10-18-30(26)32(22-28)24-13-5-2-6-14-24;1-3-11-23(12-4-1)25-19-21-31(29-17-9-7-15-27(25)29)33-32-22-20-26(24-13-5-2-6-14-24)28-16-8-10-18-30(28)32;1-3-7-23(8-4-1)25-11-13-29-21-31(17-15-27(29)19-25)33-32-18-16-28-20-26(12-14-30(28)22-32)24-9-5-2-6-10-24/h3*1-22,33H. The number of fused-ring (bicyclic) bond motifs is 6. The van der Waals surface area contributed by atoms with Crippen molar-refractivity contribution in [2.24, 2.45) is 0 Å². The van der Waals surface area contributed by atoms with E-state index in [0.717, 1.165) is 34.1 Å². The van der Waals surface area contributed by atoms with Crippen molar-refractivity contribution in [1.29, 1.82) is 0 Å². The van der Waals surface area contributed by atoms with Gasteiger partial charge in [0.05, 0.1) is 0 Å². The molecule has 0 heterocycles. The number of hydrogen-bond donors (Lipinski definition) is 3. The van der Waals surface area contributed by atoms with Crippen LogP contribution in [0.4, 0.5) is 34.1 Å². The number of benzene rings is 18. The highest BCUT2D eigenvalue weighted by atomic mass is 14.9. The number of rotatable bonds is 12. The Bertz CT molecular complexity index is 5500. The number of hydrogen-bond acceptors (Lipinski definition) is 3. The highest BCUT2D eigenvalue weighted by Gasteiger charge is 2.14. The van der Waals surface area contributed by atoms with E-state index in [1.54, 1.807) is 0 Å². The average Bonchev–Trinajstić information content (AvgIpc) is 0.793. The van der Waals surface area contributed by atoms with E-state index in [2.05, 4.69) is 416 Å².